The minimum atomic E-state index is -1.12. The van der Waals surface area contributed by atoms with Crippen LogP contribution in [0.2, 0.25) is 5.02 Å². The van der Waals surface area contributed by atoms with Crippen molar-refractivity contribution >= 4 is 29.1 Å². The summed E-state index contributed by atoms with van der Waals surface area (Å²) in [7, 11) is 0. The number of nitrogens with one attached hydrogen (secondary N) is 2. The van der Waals surface area contributed by atoms with Crippen molar-refractivity contribution < 1.29 is 14.6 Å². The lowest BCUT2D eigenvalue weighted by molar-refractivity contribution is 0.0697. The van der Waals surface area contributed by atoms with E-state index in [2.05, 4.69) is 15.4 Å². The number of nitrogens with two attached hydrogens (primary N) is 2. The number of anilines is 2. The Bertz CT molecular complexity index is 1150. The molecular weight excluding hydrogens is 398 g/mol. The molecule has 0 atom stereocenters. The van der Waals surface area contributed by atoms with Crippen LogP contribution in [0.3, 0.4) is 0 Å². The van der Waals surface area contributed by atoms with Crippen molar-refractivity contribution in [2.24, 2.45) is 5.84 Å². The second kappa shape index (κ2) is 8.21. The molecule has 0 saturated heterocycles. The van der Waals surface area contributed by atoms with Crippen LogP contribution in [-0.2, 0) is 0 Å². The Morgan fingerprint density at radius 3 is 2.62 bits per heavy atom. The fourth-order valence-electron chi connectivity index (χ4n) is 2.76. The van der Waals surface area contributed by atoms with Crippen LogP contribution >= 0.6 is 11.6 Å². The molecule has 0 aliphatic rings. The largest absolute Gasteiger partial charge is 0.493 e. The highest BCUT2D eigenvalue weighted by Crippen LogP contribution is 2.34. The minimum Gasteiger partial charge on any atom is -0.493 e. The SMILES string of the molecule is CCOc1cc(-c2ccc(Cl)c(C(=O)O)c2)ccc1-c1nc(NN)c(N)c(=O)[nH]1. The number of aromatic nitrogens is 2. The van der Waals surface area contributed by atoms with E-state index < -0.39 is 11.5 Å². The van der Waals surface area contributed by atoms with Crippen molar-refractivity contribution in [3.63, 3.8) is 0 Å². The van der Waals surface area contributed by atoms with Crippen molar-refractivity contribution in [1.29, 1.82) is 0 Å². The van der Waals surface area contributed by atoms with E-state index >= 15 is 0 Å². The number of nitrogens with zero attached hydrogens (tertiary/aromatic N) is 1. The number of halogens is 1. The molecule has 0 fully saturated rings. The van der Waals surface area contributed by atoms with Gasteiger partial charge in [0.15, 0.2) is 5.82 Å². The van der Waals surface area contributed by atoms with Crippen molar-refractivity contribution in [2.45, 2.75) is 6.92 Å². The van der Waals surface area contributed by atoms with E-state index in [-0.39, 0.29) is 27.9 Å². The maximum absolute atomic E-state index is 12.1. The quantitative estimate of drug-likeness (QED) is 0.304. The Labute approximate surface area is 170 Å². The number of hydrogen-bond acceptors (Lipinski definition) is 7. The second-order valence-corrected chi connectivity index (χ2v) is 6.37. The van der Waals surface area contributed by atoms with E-state index in [1.54, 1.807) is 24.3 Å². The third kappa shape index (κ3) is 4.00. The molecule has 10 heteroatoms. The number of aromatic amines is 1. The number of aromatic carboxylic acids is 1. The van der Waals surface area contributed by atoms with Gasteiger partial charge in [0.05, 0.1) is 22.8 Å². The Hall–Kier alpha value is -3.56. The van der Waals surface area contributed by atoms with Crippen LogP contribution in [0.5, 0.6) is 5.75 Å². The zero-order chi connectivity index (χ0) is 21.1. The van der Waals surface area contributed by atoms with Gasteiger partial charge in [-0.3, -0.25) is 4.79 Å². The van der Waals surface area contributed by atoms with Gasteiger partial charge in [0.1, 0.15) is 17.3 Å². The molecule has 0 amide bonds. The monoisotopic (exact) mass is 415 g/mol. The molecule has 0 radical (unpaired) electrons. The Kier molecular flexibility index (Phi) is 5.71. The second-order valence-electron chi connectivity index (χ2n) is 5.96. The van der Waals surface area contributed by atoms with E-state index in [9.17, 15) is 14.7 Å². The maximum Gasteiger partial charge on any atom is 0.337 e. The lowest BCUT2D eigenvalue weighted by Crippen LogP contribution is -2.20. The van der Waals surface area contributed by atoms with Gasteiger partial charge in [-0.15, -0.1) is 0 Å². The van der Waals surface area contributed by atoms with Crippen LogP contribution in [0.4, 0.5) is 11.5 Å². The number of H-pyrrole nitrogens is 1. The van der Waals surface area contributed by atoms with Gasteiger partial charge < -0.3 is 26.0 Å². The van der Waals surface area contributed by atoms with Crippen LogP contribution in [0, 0.1) is 0 Å². The normalized spacial score (nSPS) is 10.6. The number of carboxylic acid groups (broad SMARTS) is 1. The standard InChI is InChI=1S/C19H18ClN5O4/c1-2-29-14-8-10(9-4-6-13(20)12(7-9)19(27)28)3-5-11(14)16-23-17(25-22)15(21)18(26)24-16/h3-8H,2,21-22H2,1H3,(H,27,28)(H2,23,24,25,26). The highest BCUT2D eigenvalue weighted by atomic mass is 35.5. The number of nitrogen functional groups attached to an aromatic ring is 2. The van der Waals surface area contributed by atoms with Gasteiger partial charge >= 0.3 is 5.97 Å². The van der Waals surface area contributed by atoms with Crippen molar-refractivity contribution in [3.8, 4) is 28.3 Å². The average Bonchev–Trinajstić information content (AvgIpc) is 2.70. The molecule has 0 aliphatic carbocycles. The topological polar surface area (TPSA) is 156 Å². The van der Waals surface area contributed by atoms with Crippen LogP contribution < -0.4 is 27.3 Å². The van der Waals surface area contributed by atoms with Crippen LogP contribution in [0.15, 0.2) is 41.2 Å². The van der Waals surface area contributed by atoms with Gasteiger partial charge in [-0.1, -0.05) is 23.7 Å². The Morgan fingerprint density at radius 2 is 1.97 bits per heavy atom. The first-order chi connectivity index (χ1) is 13.8. The van der Waals surface area contributed by atoms with E-state index in [1.165, 1.54) is 12.1 Å². The number of rotatable bonds is 6. The molecule has 0 aliphatic heterocycles. The molecule has 150 valence electrons. The summed E-state index contributed by atoms with van der Waals surface area (Å²) in [6.07, 6.45) is 0. The van der Waals surface area contributed by atoms with Gasteiger partial charge in [0.25, 0.3) is 5.56 Å². The van der Waals surface area contributed by atoms with Gasteiger partial charge in [-0.2, -0.15) is 0 Å². The molecule has 9 nitrogen and oxygen atoms in total. The molecule has 7 N–H and O–H groups in total. The number of carbonyl (C=O) groups is 1. The number of ether oxygens (including phenoxy) is 1. The highest BCUT2D eigenvalue weighted by molar-refractivity contribution is 6.33. The molecule has 3 rings (SSSR count). The van der Waals surface area contributed by atoms with Gasteiger partial charge in [0, 0.05) is 0 Å². The van der Waals surface area contributed by atoms with Gasteiger partial charge in [-0.05, 0) is 42.3 Å². The first-order valence-corrected chi connectivity index (χ1v) is 8.90. The summed E-state index contributed by atoms with van der Waals surface area (Å²) in [5.74, 6) is 4.95. The predicted octanol–water partition coefficient (Wildman–Crippen LogP) is 2.72. The highest BCUT2D eigenvalue weighted by Gasteiger charge is 2.16. The average molecular weight is 416 g/mol. The summed E-state index contributed by atoms with van der Waals surface area (Å²) in [6.45, 7) is 2.17. The molecule has 2 aromatic carbocycles. The summed E-state index contributed by atoms with van der Waals surface area (Å²) in [5, 5.41) is 9.44. The summed E-state index contributed by atoms with van der Waals surface area (Å²) in [4.78, 5) is 30.2. The number of hydrogen-bond donors (Lipinski definition) is 5. The van der Waals surface area contributed by atoms with Gasteiger partial charge in [0.2, 0.25) is 0 Å². The fraction of sp³-hybridized carbons (Fsp3) is 0.105. The molecule has 1 heterocycles. The summed E-state index contributed by atoms with van der Waals surface area (Å²) < 4.78 is 5.71. The lowest BCUT2D eigenvalue weighted by Gasteiger charge is -2.13. The molecule has 0 bridgehead atoms. The molecule has 29 heavy (non-hydrogen) atoms. The van der Waals surface area contributed by atoms with Crippen LogP contribution in [0.1, 0.15) is 17.3 Å². The van der Waals surface area contributed by atoms with Crippen molar-refractivity contribution in [3.05, 3.63) is 57.3 Å². The van der Waals surface area contributed by atoms with Crippen LogP contribution in [0.25, 0.3) is 22.5 Å². The smallest absolute Gasteiger partial charge is 0.337 e. The predicted molar refractivity (Wildman–Crippen MR) is 111 cm³/mol. The fourth-order valence-corrected chi connectivity index (χ4v) is 2.96. The Balaban J connectivity index is 2.14. The molecule has 0 saturated carbocycles. The Morgan fingerprint density at radius 1 is 1.28 bits per heavy atom. The molecule has 3 aromatic rings. The zero-order valence-electron chi connectivity index (χ0n) is 15.3. The van der Waals surface area contributed by atoms with Crippen molar-refractivity contribution in [1.82, 2.24) is 9.97 Å². The van der Waals surface area contributed by atoms with Crippen LogP contribution in [-0.4, -0.2) is 27.7 Å². The van der Waals surface area contributed by atoms with Gasteiger partial charge in [-0.25, -0.2) is 15.6 Å². The summed E-state index contributed by atoms with van der Waals surface area (Å²) in [5.41, 5.74) is 9.11. The van der Waals surface area contributed by atoms with E-state index in [4.69, 9.17) is 27.9 Å². The minimum absolute atomic E-state index is 0.00519. The molecule has 0 unspecified atom stereocenters. The molecular formula is C19H18ClN5O4. The first kappa shape index (κ1) is 20.2. The lowest BCUT2D eigenvalue weighted by atomic mass is 10.0. The third-order valence-corrected chi connectivity index (χ3v) is 4.49. The summed E-state index contributed by atoms with van der Waals surface area (Å²) >= 11 is 5.95. The summed E-state index contributed by atoms with van der Waals surface area (Å²) in [6, 6.07) is 9.88. The van der Waals surface area contributed by atoms with E-state index in [0.29, 0.717) is 29.0 Å². The van der Waals surface area contributed by atoms with E-state index in [1.807, 2.05) is 6.92 Å². The van der Waals surface area contributed by atoms with Crippen molar-refractivity contribution in [2.75, 3.05) is 17.8 Å². The number of hydrazine groups is 1. The number of carboxylic acids is 1. The zero-order valence-corrected chi connectivity index (χ0v) is 16.1. The maximum atomic E-state index is 12.1. The molecule has 0 spiro atoms. The third-order valence-electron chi connectivity index (χ3n) is 4.16. The number of benzene rings is 2. The molecule has 1 aromatic heterocycles. The van der Waals surface area contributed by atoms with E-state index in [0.717, 1.165) is 0 Å². The first-order valence-electron chi connectivity index (χ1n) is 8.52.